The van der Waals surface area contributed by atoms with E-state index < -0.39 is 5.97 Å². The Bertz CT molecular complexity index is 1080. The standard InChI is InChI=1S/C22H22N4O4S/c1-3-11-26-19(13-30-18-9-7-15(2)8-10-18)24-25-22(26)31-14-20(27)23-17-6-4-5-16(12-17)21(28)29/h3-10,12H,1,11,13-14H2,2H3,(H,23,27)(H,28,29). The highest BCUT2D eigenvalue weighted by molar-refractivity contribution is 7.99. The van der Waals surface area contributed by atoms with E-state index >= 15 is 0 Å². The van der Waals surface area contributed by atoms with Crippen LogP contribution in [0.3, 0.4) is 0 Å². The van der Waals surface area contributed by atoms with Crippen molar-refractivity contribution >= 4 is 29.3 Å². The van der Waals surface area contributed by atoms with Gasteiger partial charge in [-0.1, -0.05) is 41.6 Å². The Morgan fingerprint density at radius 2 is 2.00 bits per heavy atom. The molecule has 0 spiro atoms. The number of carboxylic acid groups (broad SMARTS) is 1. The highest BCUT2D eigenvalue weighted by atomic mass is 32.2. The van der Waals surface area contributed by atoms with Gasteiger partial charge in [0.25, 0.3) is 0 Å². The zero-order valence-corrected chi connectivity index (χ0v) is 17.8. The largest absolute Gasteiger partial charge is 0.486 e. The first-order chi connectivity index (χ1) is 15.0. The molecule has 0 aliphatic carbocycles. The molecular weight excluding hydrogens is 416 g/mol. The summed E-state index contributed by atoms with van der Waals surface area (Å²) >= 11 is 1.23. The average molecular weight is 439 g/mol. The topological polar surface area (TPSA) is 106 Å². The molecule has 1 heterocycles. The van der Waals surface area contributed by atoms with Crippen LogP contribution in [0, 0.1) is 6.92 Å². The number of anilines is 1. The summed E-state index contributed by atoms with van der Waals surface area (Å²) < 4.78 is 7.63. The van der Waals surface area contributed by atoms with Gasteiger partial charge in [-0.2, -0.15) is 0 Å². The van der Waals surface area contributed by atoms with Crippen molar-refractivity contribution in [3.63, 3.8) is 0 Å². The van der Waals surface area contributed by atoms with E-state index in [1.165, 1.54) is 23.9 Å². The molecule has 0 unspecified atom stereocenters. The van der Waals surface area contributed by atoms with Crippen LogP contribution in [0.5, 0.6) is 5.75 Å². The molecule has 0 bridgehead atoms. The number of allylic oxidation sites excluding steroid dienone is 1. The predicted octanol–water partition coefficient (Wildman–Crippen LogP) is 3.78. The SMILES string of the molecule is C=CCn1c(COc2ccc(C)cc2)nnc1SCC(=O)Nc1cccc(C(=O)O)c1. The van der Waals surface area contributed by atoms with Gasteiger partial charge in [0.1, 0.15) is 12.4 Å². The minimum absolute atomic E-state index is 0.0887. The lowest BCUT2D eigenvalue weighted by Crippen LogP contribution is -2.15. The van der Waals surface area contributed by atoms with Crippen LogP contribution in [0.1, 0.15) is 21.7 Å². The Hall–Kier alpha value is -3.59. The Balaban J connectivity index is 1.61. The van der Waals surface area contributed by atoms with Crippen LogP contribution in [0.15, 0.2) is 66.3 Å². The predicted molar refractivity (Wildman–Crippen MR) is 118 cm³/mol. The van der Waals surface area contributed by atoms with Gasteiger partial charge >= 0.3 is 5.97 Å². The zero-order valence-electron chi connectivity index (χ0n) is 16.9. The Morgan fingerprint density at radius 3 is 2.71 bits per heavy atom. The van der Waals surface area contributed by atoms with Gasteiger partial charge in [-0.3, -0.25) is 9.36 Å². The summed E-state index contributed by atoms with van der Waals surface area (Å²) in [6.07, 6.45) is 1.72. The fourth-order valence-corrected chi connectivity index (χ4v) is 3.45. The summed E-state index contributed by atoms with van der Waals surface area (Å²) in [7, 11) is 0. The van der Waals surface area contributed by atoms with Crippen molar-refractivity contribution in [1.29, 1.82) is 0 Å². The Morgan fingerprint density at radius 1 is 1.23 bits per heavy atom. The smallest absolute Gasteiger partial charge is 0.335 e. The van der Waals surface area contributed by atoms with Crippen LogP contribution in [0.2, 0.25) is 0 Å². The Kier molecular flexibility index (Phi) is 7.45. The van der Waals surface area contributed by atoms with Gasteiger partial charge in [0, 0.05) is 12.2 Å². The van der Waals surface area contributed by atoms with Crippen molar-refractivity contribution in [3.05, 3.63) is 78.1 Å². The summed E-state index contributed by atoms with van der Waals surface area (Å²) in [5, 5.41) is 20.7. The number of rotatable bonds is 10. The number of ether oxygens (including phenoxy) is 1. The van der Waals surface area contributed by atoms with E-state index in [0.29, 0.717) is 23.2 Å². The zero-order chi connectivity index (χ0) is 22.2. The van der Waals surface area contributed by atoms with Crippen LogP contribution in [-0.4, -0.2) is 37.5 Å². The molecule has 0 fully saturated rings. The molecular formula is C22H22N4O4S. The molecule has 3 aromatic rings. The summed E-state index contributed by atoms with van der Waals surface area (Å²) in [4.78, 5) is 23.4. The maximum Gasteiger partial charge on any atom is 0.335 e. The second-order valence-electron chi connectivity index (χ2n) is 6.62. The van der Waals surface area contributed by atoms with Crippen LogP contribution in [0.25, 0.3) is 0 Å². The first-order valence-corrected chi connectivity index (χ1v) is 10.4. The number of hydrogen-bond acceptors (Lipinski definition) is 6. The molecule has 2 aromatic carbocycles. The average Bonchev–Trinajstić information content (AvgIpc) is 3.14. The molecule has 0 atom stereocenters. The molecule has 0 saturated carbocycles. The molecule has 160 valence electrons. The van der Waals surface area contributed by atoms with Gasteiger partial charge in [-0.15, -0.1) is 16.8 Å². The number of amides is 1. The molecule has 2 N–H and O–H groups in total. The van der Waals surface area contributed by atoms with Crippen molar-refractivity contribution in [2.24, 2.45) is 0 Å². The molecule has 31 heavy (non-hydrogen) atoms. The quantitative estimate of drug-likeness (QED) is 0.366. The Labute approximate surface area is 184 Å². The molecule has 3 rings (SSSR count). The minimum atomic E-state index is -1.05. The second-order valence-corrected chi connectivity index (χ2v) is 7.57. The highest BCUT2D eigenvalue weighted by Crippen LogP contribution is 2.20. The molecule has 0 aliphatic heterocycles. The van der Waals surface area contributed by atoms with Crippen molar-refractivity contribution in [1.82, 2.24) is 14.8 Å². The van der Waals surface area contributed by atoms with Crippen LogP contribution >= 0.6 is 11.8 Å². The van der Waals surface area contributed by atoms with Crippen molar-refractivity contribution in [2.45, 2.75) is 25.2 Å². The van der Waals surface area contributed by atoms with Gasteiger partial charge in [-0.05, 0) is 37.3 Å². The number of carbonyl (C=O) groups is 2. The molecule has 0 aliphatic rings. The molecule has 0 saturated heterocycles. The van der Waals surface area contributed by atoms with Gasteiger partial charge in [0.2, 0.25) is 5.91 Å². The van der Waals surface area contributed by atoms with Crippen LogP contribution < -0.4 is 10.1 Å². The van der Waals surface area contributed by atoms with E-state index in [1.807, 2.05) is 35.8 Å². The van der Waals surface area contributed by atoms with Crippen LogP contribution in [-0.2, 0) is 17.9 Å². The van der Waals surface area contributed by atoms with Crippen molar-refractivity contribution in [3.8, 4) is 5.75 Å². The first-order valence-electron chi connectivity index (χ1n) is 9.44. The van der Waals surface area contributed by atoms with Gasteiger partial charge in [0.15, 0.2) is 11.0 Å². The number of nitrogens with zero attached hydrogens (tertiary/aromatic N) is 3. The number of hydrogen-bond donors (Lipinski definition) is 2. The normalized spacial score (nSPS) is 10.5. The maximum atomic E-state index is 12.3. The number of nitrogens with one attached hydrogen (secondary N) is 1. The third-order valence-electron chi connectivity index (χ3n) is 4.22. The first kappa shape index (κ1) is 22.1. The number of benzene rings is 2. The number of aromatic nitrogens is 3. The lowest BCUT2D eigenvalue weighted by atomic mass is 10.2. The highest BCUT2D eigenvalue weighted by Gasteiger charge is 2.14. The lowest BCUT2D eigenvalue weighted by Gasteiger charge is -2.09. The third-order valence-corrected chi connectivity index (χ3v) is 5.19. The summed E-state index contributed by atoms with van der Waals surface area (Å²) in [6.45, 7) is 6.48. The van der Waals surface area contributed by atoms with E-state index in [9.17, 15) is 9.59 Å². The van der Waals surface area contributed by atoms with Gasteiger partial charge < -0.3 is 15.2 Å². The summed E-state index contributed by atoms with van der Waals surface area (Å²) in [6, 6.07) is 13.8. The van der Waals surface area contributed by atoms with Gasteiger partial charge in [-0.25, -0.2) is 4.79 Å². The van der Waals surface area contributed by atoms with Crippen molar-refractivity contribution < 1.29 is 19.4 Å². The number of aromatic carboxylic acids is 1. The van der Waals surface area contributed by atoms with E-state index in [2.05, 4.69) is 22.1 Å². The fraction of sp³-hybridized carbons (Fsp3) is 0.182. The van der Waals surface area contributed by atoms with E-state index in [0.717, 1.165) is 11.3 Å². The lowest BCUT2D eigenvalue weighted by molar-refractivity contribution is -0.113. The monoisotopic (exact) mass is 438 g/mol. The van der Waals surface area contributed by atoms with Gasteiger partial charge in [0.05, 0.1) is 11.3 Å². The molecule has 1 amide bonds. The number of thioether (sulfide) groups is 1. The number of aryl methyl sites for hydroxylation is 1. The maximum absolute atomic E-state index is 12.3. The molecule has 8 nitrogen and oxygen atoms in total. The molecule has 0 radical (unpaired) electrons. The number of carboxylic acids is 1. The summed E-state index contributed by atoms with van der Waals surface area (Å²) in [5.41, 5.74) is 1.67. The van der Waals surface area contributed by atoms with E-state index in [-0.39, 0.29) is 23.8 Å². The van der Waals surface area contributed by atoms with E-state index in [4.69, 9.17) is 9.84 Å². The third kappa shape index (κ3) is 6.19. The molecule has 9 heteroatoms. The fourth-order valence-electron chi connectivity index (χ4n) is 2.68. The van der Waals surface area contributed by atoms with Crippen LogP contribution in [0.4, 0.5) is 5.69 Å². The van der Waals surface area contributed by atoms with Crippen molar-refractivity contribution in [2.75, 3.05) is 11.1 Å². The molecule has 1 aromatic heterocycles. The summed E-state index contributed by atoms with van der Waals surface area (Å²) in [5.74, 6) is 0.112. The number of carbonyl (C=O) groups excluding carboxylic acids is 1. The minimum Gasteiger partial charge on any atom is -0.486 e. The van der Waals surface area contributed by atoms with E-state index in [1.54, 1.807) is 18.2 Å². The second kappa shape index (κ2) is 10.4.